The van der Waals surface area contributed by atoms with E-state index >= 15 is 0 Å². The molecule has 5 N–H and O–H groups in total. The van der Waals surface area contributed by atoms with Crippen molar-refractivity contribution in [1.82, 2.24) is 14.9 Å². The number of aromatic nitrogens is 2. The monoisotopic (exact) mass is 520 g/mol. The number of nitrogens with two attached hydrogens (primary N) is 1. The van der Waals surface area contributed by atoms with Crippen molar-refractivity contribution in [2.24, 2.45) is 7.05 Å². The van der Waals surface area contributed by atoms with E-state index in [-0.39, 0.29) is 21.9 Å². The summed E-state index contributed by atoms with van der Waals surface area (Å²) in [5, 5.41) is 1.64. The molecule has 0 radical (unpaired) electrons. The summed E-state index contributed by atoms with van der Waals surface area (Å²) in [6, 6.07) is 17.2. The number of rotatable bonds is 7. The van der Waals surface area contributed by atoms with Crippen LogP contribution in [0.15, 0.2) is 54.6 Å². The van der Waals surface area contributed by atoms with Crippen molar-refractivity contribution in [2.75, 3.05) is 5.73 Å². The van der Waals surface area contributed by atoms with Crippen LogP contribution in [-0.2, 0) is 24.9 Å². The van der Waals surface area contributed by atoms with Gasteiger partial charge in [-0.15, -0.1) is 0 Å². The van der Waals surface area contributed by atoms with Gasteiger partial charge in [0.05, 0.1) is 16.3 Å². The van der Waals surface area contributed by atoms with Crippen molar-refractivity contribution in [1.29, 1.82) is 0 Å². The molecule has 0 spiro atoms. The number of imide groups is 1. The van der Waals surface area contributed by atoms with Crippen LogP contribution >= 0.6 is 11.8 Å². The molecule has 1 aliphatic rings. The highest BCUT2D eigenvalue weighted by Crippen LogP contribution is 2.30. The molecule has 5 rings (SSSR count). The Morgan fingerprint density at radius 3 is 2.32 bits per heavy atom. The molecule has 1 fully saturated rings. The van der Waals surface area contributed by atoms with Crippen LogP contribution in [0, 0.1) is 13.8 Å². The van der Waals surface area contributed by atoms with Crippen molar-refractivity contribution in [2.45, 2.75) is 32.1 Å². The minimum Gasteiger partial charge on any atom is -0.486 e. The Morgan fingerprint density at radius 1 is 1.00 bits per heavy atom. The molecular formula is C27H28N4O5S. The molecule has 10 heteroatoms. The van der Waals surface area contributed by atoms with Crippen LogP contribution in [0.3, 0.4) is 0 Å². The highest BCUT2D eigenvalue weighted by molar-refractivity contribution is 8.15. The molecule has 1 unspecified atom stereocenters. The average Bonchev–Trinajstić information content (AvgIpc) is 3.34. The standard InChI is InChI=1S/C27H26N4O4S.H2O/c1-15-10-20(11-16(2)25(15)28)35-19-8-9-21-22(13-19)31(3)24(29-21)14-34-18-6-4-17(5-7-18)12-23-26(32)30-27(33)36-23;/h4-11,13,23H,12,14,28H2,1-3H3,(H,30,32,33);1H2. The fourth-order valence-corrected chi connectivity index (χ4v) is 5.01. The van der Waals surface area contributed by atoms with Crippen molar-refractivity contribution < 1.29 is 24.5 Å². The number of carbonyl (C=O) groups excluding carboxylic acids is 2. The minimum absolute atomic E-state index is 0. The summed E-state index contributed by atoms with van der Waals surface area (Å²) in [5.41, 5.74) is 11.6. The number of anilines is 1. The Kier molecular flexibility index (Phi) is 7.42. The maximum atomic E-state index is 11.8. The maximum absolute atomic E-state index is 11.8. The fourth-order valence-electron chi connectivity index (χ4n) is 4.15. The second kappa shape index (κ2) is 10.5. The van der Waals surface area contributed by atoms with Gasteiger partial charge in [-0.1, -0.05) is 23.9 Å². The van der Waals surface area contributed by atoms with Crippen LogP contribution in [0.4, 0.5) is 10.5 Å². The second-order valence-electron chi connectivity index (χ2n) is 8.83. The number of fused-ring (bicyclic) bond motifs is 1. The quantitative estimate of drug-likeness (QED) is 0.348. The fraction of sp³-hybridized carbons (Fsp3) is 0.222. The number of hydrogen-bond donors (Lipinski definition) is 2. The molecule has 37 heavy (non-hydrogen) atoms. The van der Waals surface area contributed by atoms with E-state index in [1.807, 2.05) is 80.1 Å². The summed E-state index contributed by atoms with van der Waals surface area (Å²) < 4.78 is 14.0. The number of benzene rings is 3. The normalized spacial score (nSPS) is 14.9. The summed E-state index contributed by atoms with van der Waals surface area (Å²) in [6.07, 6.45) is 0.493. The highest BCUT2D eigenvalue weighted by atomic mass is 32.2. The summed E-state index contributed by atoms with van der Waals surface area (Å²) >= 11 is 1.03. The van der Waals surface area contributed by atoms with Gasteiger partial charge >= 0.3 is 0 Å². The number of nitrogens with zero attached hydrogens (tertiary/aromatic N) is 2. The van der Waals surface area contributed by atoms with E-state index in [0.717, 1.165) is 56.7 Å². The van der Waals surface area contributed by atoms with E-state index in [0.29, 0.717) is 24.5 Å². The zero-order valence-corrected chi connectivity index (χ0v) is 21.5. The zero-order valence-electron chi connectivity index (χ0n) is 20.7. The van der Waals surface area contributed by atoms with Crippen LogP contribution in [-0.4, -0.2) is 31.4 Å². The number of ether oxygens (including phenoxy) is 2. The third kappa shape index (κ3) is 5.55. The largest absolute Gasteiger partial charge is 0.486 e. The topological polar surface area (TPSA) is 140 Å². The molecule has 1 saturated heterocycles. The number of amides is 2. The van der Waals surface area contributed by atoms with E-state index in [2.05, 4.69) is 5.32 Å². The van der Waals surface area contributed by atoms with Gasteiger partial charge in [-0.25, -0.2) is 4.98 Å². The molecule has 192 valence electrons. The van der Waals surface area contributed by atoms with Gasteiger partial charge in [-0.05, 0) is 73.4 Å². The van der Waals surface area contributed by atoms with E-state index in [4.69, 9.17) is 20.2 Å². The first-order valence-electron chi connectivity index (χ1n) is 11.5. The van der Waals surface area contributed by atoms with E-state index in [1.165, 1.54) is 0 Å². The molecule has 3 aromatic carbocycles. The number of nitrogens with one attached hydrogen (secondary N) is 1. The molecule has 1 aromatic heterocycles. The lowest BCUT2D eigenvalue weighted by molar-refractivity contribution is -0.118. The van der Waals surface area contributed by atoms with Crippen molar-refractivity contribution >= 4 is 39.6 Å². The van der Waals surface area contributed by atoms with E-state index < -0.39 is 0 Å². The Bertz CT molecular complexity index is 1460. The smallest absolute Gasteiger partial charge is 0.286 e. The highest BCUT2D eigenvalue weighted by Gasteiger charge is 2.31. The molecule has 0 aliphatic carbocycles. The first kappa shape index (κ1) is 26.1. The first-order valence-corrected chi connectivity index (χ1v) is 12.4. The van der Waals surface area contributed by atoms with Gasteiger partial charge in [0.25, 0.3) is 5.24 Å². The maximum Gasteiger partial charge on any atom is 0.286 e. The van der Waals surface area contributed by atoms with Crippen LogP contribution in [0.1, 0.15) is 22.5 Å². The van der Waals surface area contributed by atoms with Gasteiger partial charge in [-0.2, -0.15) is 0 Å². The van der Waals surface area contributed by atoms with Crippen molar-refractivity contribution in [3.05, 3.63) is 77.1 Å². The number of hydrogen-bond acceptors (Lipinski definition) is 7. The number of imidazole rings is 1. The van der Waals surface area contributed by atoms with Gasteiger partial charge in [0, 0.05) is 18.8 Å². The first-order chi connectivity index (χ1) is 17.3. The molecule has 2 amide bonds. The molecule has 1 aliphatic heterocycles. The number of carbonyl (C=O) groups is 2. The number of aryl methyl sites for hydroxylation is 3. The molecule has 0 bridgehead atoms. The van der Waals surface area contributed by atoms with Gasteiger partial charge in [0.1, 0.15) is 29.7 Å². The Labute approximate surface area is 218 Å². The SMILES string of the molecule is Cc1cc(Oc2ccc3nc(COc4ccc(CC5SC(=O)NC5=O)cc4)n(C)c3c2)cc(C)c1N.O. The lowest BCUT2D eigenvalue weighted by Gasteiger charge is -2.11. The van der Waals surface area contributed by atoms with Crippen molar-refractivity contribution in [3.63, 3.8) is 0 Å². The summed E-state index contributed by atoms with van der Waals surface area (Å²) in [5.74, 6) is 2.70. The summed E-state index contributed by atoms with van der Waals surface area (Å²) in [4.78, 5) is 27.8. The van der Waals surface area contributed by atoms with E-state index in [1.54, 1.807) is 0 Å². The van der Waals surface area contributed by atoms with Crippen LogP contribution in [0.2, 0.25) is 0 Å². The third-order valence-electron chi connectivity index (χ3n) is 6.23. The molecule has 9 nitrogen and oxygen atoms in total. The van der Waals surface area contributed by atoms with Crippen LogP contribution in [0.25, 0.3) is 11.0 Å². The predicted octanol–water partition coefficient (Wildman–Crippen LogP) is 4.21. The Balaban J connectivity index is 0.00000320. The van der Waals surface area contributed by atoms with Gasteiger partial charge < -0.3 is 25.3 Å². The Hall–Kier alpha value is -4.02. The molecular weight excluding hydrogens is 492 g/mol. The number of nitrogen functional groups attached to an aromatic ring is 1. The van der Waals surface area contributed by atoms with Crippen LogP contribution < -0.4 is 20.5 Å². The molecule has 1 atom stereocenters. The number of thioether (sulfide) groups is 1. The lowest BCUT2D eigenvalue weighted by Crippen LogP contribution is -2.25. The van der Waals surface area contributed by atoms with Crippen LogP contribution in [0.5, 0.6) is 17.2 Å². The third-order valence-corrected chi connectivity index (χ3v) is 7.21. The van der Waals surface area contributed by atoms with E-state index in [9.17, 15) is 9.59 Å². The van der Waals surface area contributed by atoms with Crippen molar-refractivity contribution in [3.8, 4) is 17.2 Å². The van der Waals surface area contributed by atoms with Gasteiger partial charge in [0.2, 0.25) is 5.91 Å². The predicted molar refractivity (Wildman–Crippen MR) is 144 cm³/mol. The zero-order chi connectivity index (χ0) is 25.4. The second-order valence-corrected chi connectivity index (χ2v) is 10.0. The lowest BCUT2D eigenvalue weighted by atomic mass is 10.1. The summed E-state index contributed by atoms with van der Waals surface area (Å²) in [6.45, 7) is 4.23. The molecule has 4 aromatic rings. The average molecular weight is 521 g/mol. The van der Waals surface area contributed by atoms with Gasteiger partial charge in [0.15, 0.2) is 0 Å². The Morgan fingerprint density at radius 2 is 1.68 bits per heavy atom. The van der Waals surface area contributed by atoms with Gasteiger partial charge in [-0.3, -0.25) is 14.9 Å². The summed E-state index contributed by atoms with van der Waals surface area (Å²) in [7, 11) is 1.95. The molecule has 2 heterocycles. The minimum atomic E-state index is -0.383. The molecule has 0 saturated carbocycles.